The van der Waals surface area contributed by atoms with Gasteiger partial charge in [-0.1, -0.05) is 34.8 Å². The molecule has 19 heteroatoms. The summed E-state index contributed by atoms with van der Waals surface area (Å²) in [7, 11) is 0. The van der Waals surface area contributed by atoms with Gasteiger partial charge in [-0.15, -0.1) is 11.8 Å². The lowest BCUT2D eigenvalue weighted by atomic mass is 10.3. The number of benzene rings is 2. The van der Waals surface area contributed by atoms with E-state index in [9.17, 15) is 18.4 Å². The van der Waals surface area contributed by atoms with Crippen molar-refractivity contribution >= 4 is 106 Å². The van der Waals surface area contributed by atoms with E-state index in [1.807, 2.05) is 0 Å². The first-order chi connectivity index (χ1) is 21.4. The van der Waals surface area contributed by atoms with Crippen molar-refractivity contribution in [3.8, 4) is 0 Å². The molecule has 0 bridgehead atoms. The maximum atomic E-state index is 13.1. The Kier molecular flexibility index (Phi) is 15.0. The Morgan fingerprint density at radius 2 is 1.29 bits per heavy atom. The van der Waals surface area contributed by atoms with E-state index >= 15 is 0 Å². The van der Waals surface area contributed by atoms with Crippen LogP contribution in [-0.2, 0) is 9.59 Å². The number of aliphatic carboxylic acids is 2. The van der Waals surface area contributed by atoms with Crippen molar-refractivity contribution in [3.05, 3.63) is 98.7 Å². The van der Waals surface area contributed by atoms with Gasteiger partial charge in [0, 0.05) is 11.4 Å². The Morgan fingerprint density at radius 1 is 0.822 bits per heavy atom. The summed E-state index contributed by atoms with van der Waals surface area (Å²) < 4.78 is 26.1. The monoisotopic (exact) mass is 712 g/mol. The lowest BCUT2D eigenvalue weighted by Gasteiger charge is -2.09. The summed E-state index contributed by atoms with van der Waals surface area (Å²) in [6.45, 7) is 14.2. The Balaban J connectivity index is 0.000000277. The van der Waals surface area contributed by atoms with E-state index in [0.29, 0.717) is 11.4 Å². The number of nitrogens with zero attached hydrogens (tertiary/aromatic N) is 6. The fourth-order valence-corrected chi connectivity index (χ4v) is 3.96. The molecule has 4 aromatic rings. The second-order valence-electron chi connectivity index (χ2n) is 7.70. The first-order valence-corrected chi connectivity index (χ1v) is 14.4. The minimum Gasteiger partial charge on any atom is -0.481 e. The van der Waals surface area contributed by atoms with Crippen LogP contribution in [0.1, 0.15) is 0 Å². The van der Waals surface area contributed by atoms with Gasteiger partial charge in [0.2, 0.25) is 0 Å². The first kappa shape index (κ1) is 36.7. The minimum atomic E-state index is -1.01. The zero-order valence-electron chi connectivity index (χ0n) is 22.2. The summed E-state index contributed by atoms with van der Waals surface area (Å²) in [4.78, 5) is 41.9. The topological polar surface area (TPSA) is 159 Å². The van der Waals surface area contributed by atoms with Crippen LogP contribution in [0.15, 0.2) is 54.1 Å². The highest BCUT2D eigenvalue weighted by Crippen LogP contribution is 2.35. The second kappa shape index (κ2) is 18.4. The van der Waals surface area contributed by atoms with E-state index in [0.717, 1.165) is 11.8 Å². The molecule has 0 fully saturated rings. The molecular formula is C26H17Cl3F2N8O4S2. The highest BCUT2D eigenvalue weighted by Gasteiger charge is 2.14. The van der Waals surface area contributed by atoms with E-state index < -0.39 is 23.6 Å². The van der Waals surface area contributed by atoms with Crippen LogP contribution in [0, 0.1) is 24.8 Å². The number of nitrogens with one attached hydrogen (secondary N) is 2. The third kappa shape index (κ3) is 11.9. The molecule has 0 spiro atoms. The molecule has 0 aliphatic heterocycles. The molecule has 0 radical (unpaired) electrons. The first-order valence-electron chi connectivity index (χ1n) is 11.6. The SMILES string of the molecule is O=C(O)CS.[C-]#[N+]c1c(Cl)ncnc1Nc1ccc(F)c(Cl)c1.[C-]#[N+]c1c(Nc2ccc(F)c(Cl)c2)ncnc1SCC(=O)O. The third-order valence-corrected chi connectivity index (χ3v) is 6.71. The van der Waals surface area contributed by atoms with E-state index in [2.05, 4.69) is 52.9 Å². The van der Waals surface area contributed by atoms with Crippen LogP contribution in [0.4, 0.5) is 43.2 Å². The molecule has 4 rings (SSSR count). The van der Waals surface area contributed by atoms with Crippen LogP contribution in [0.2, 0.25) is 15.2 Å². The summed E-state index contributed by atoms with van der Waals surface area (Å²) in [5, 5.41) is 22.2. The van der Waals surface area contributed by atoms with Crippen molar-refractivity contribution in [2.75, 3.05) is 22.1 Å². The zero-order chi connectivity index (χ0) is 33.5. The van der Waals surface area contributed by atoms with Gasteiger partial charge in [0.25, 0.3) is 11.4 Å². The zero-order valence-corrected chi connectivity index (χ0v) is 26.2. The molecule has 2 aromatic carbocycles. The average molecular weight is 714 g/mol. The molecule has 2 aromatic heterocycles. The third-order valence-electron chi connectivity index (χ3n) is 4.62. The number of thioether (sulfide) groups is 1. The number of anilines is 4. The molecule has 45 heavy (non-hydrogen) atoms. The van der Waals surface area contributed by atoms with Crippen molar-refractivity contribution in [2.45, 2.75) is 5.03 Å². The normalized spacial score (nSPS) is 9.69. The number of carboxylic acids is 2. The van der Waals surface area contributed by atoms with Gasteiger partial charge in [-0.05, 0) is 36.4 Å². The number of thiol groups is 1. The molecule has 12 nitrogen and oxygen atoms in total. The van der Waals surface area contributed by atoms with E-state index in [1.165, 1.54) is 49.1 Å². The summed E-state index contributed by atoms with van der Waals surface area (Å²) in [6.07, 6.45) is 2.44. The number of carboxylic acid groups (broad SMARTS) is 2. The van der Waals surface area contributed by atoms with Crippen LogP contribution in [0.5, 0.6) is 0 Å². The maximum absolute atomic E-state index is 13.1. The molecule has 0 saturated carbocycles. The van der Waals surface area contributed by atoms with Crippen LogP contribution in [-0.4, -0.2) is 53.6 Å². The largest absolute Gasteiger partial charge is 0.481 e. The molecule has 0 aliphatic carbocycles. The number of rotatable bonds is 8. The van der Waals surface area contributed by atoms with Gasteiger partial charge in [-0.3, -0.25) is 9.59 Å². The number of hydrogen-bond acceptors (Lipinski definition) is 10. The molecular weight excluding hydrogens is 697 g/mol. The van der Waals surface area contributed by atoms with Gasteiger partial charge < -0.3 is 20.8 Å². The average Bonchev–Trinajstić information content (AvgIpc) is 3.00. The van der Waals surface area contributed by atoms with Crippen LogP contribution in [0.3, 0.4) is 0 Å². The Morgan fingerprint density at radius 3 is 1.71 bits per heavy atom. The lowest BCUT2D eigenvalue weighted by Crippen LogP contribution is -2.00. The van der Waals surface area contributed by atoms with Gasteiger partial charge >= 0.3 is 11.9 Å². The molecule has 232 valence electrons. The minimum absolute atomic E-state index is 0.0236. The Bertz CT molecular complexity index is 1780. The van der Waals surface area contributed by atoms with Crippen molar-refractivity contribution in [2.24, 2.45) is 0 Å². The number of hydrogen-bond donors (Lipinski definition) is 5. The Hall–Kier alpha value is -4.45. The fraction of sp³-hybridized carbons (Fsp3) is 0.0769. The predicted molar refractivity (Wildman–Crippen MR) is 171 cm³/mol. The summed E-state index contributed by atoms with van der Waals surface area (Å²) in [6, 6.07) is 8.07. The molecule has 0 aliphatic rings. The van der Waals surface area contributed by atoms with Gasteiger partial charge in [-0.2, -0.15) is 12.6 Å². The standard InChI is InChI=1S/C13H8ClFN4O2S.C11H5Cl2FN4.C2H4O2S/c1-16-11-12(17-6-18-13(11)22-5-10(20)21)19-7-2-3-9(15)8(14)4-7;1-15-9-10(13)16-5-17-11(9)18-6-2-3-8(14)7(12)4-6;3-2(4)1-5/h2-4,6H,5H2,(H,20,21)(H,17,18,19);2-5H,(H,16,17,18);5H,1H2,(H,3,4). The van der Waals surface area contributed by atoms with Crippen molar-refractivity contribution in [1.82, 2.24) is 19.9 Å². The fourth-order valence-electron chi connectivity index (χ4n) is 2.76. The van der Waals surface area contributed by atoms with Gasteiger partial charge in [0.1, 0.15) is 46.1 Å². The number of halogens is 5. The quantitative estimate of drug-likeness (QED) is 0.0522. The molecule has 0 saturated heterocycles. The van der Waals surface area contributed by atoms with Gasteiger partial charge in [0.05, 0.1) is 34.7 Å². The summed E-state index contributed by atoms with van der Waals surface area (Å²) in [5.41, 5.74) is 1.14. The molecule has 2 heterocycles. The second-order valence-corrected chi connectivity index (χ2v) is 10.2. The number of carbonyl (C=O) groups is 2. The lowest BCUT2D eigenvalue weighted by molar-refractivity contribution is -0.134. The molecule has 0 unspecified atom stereocenters. The highest BCUT2D eigenvalue weighted by atomic mass is 35.5. The van der Waals surface area contributed by atoms with Crippen LogP contribution >= 0.6 is 59.2 Å². The van der Waals surface area contributed by atoms with Gasteiger partial charge in [0.15, 0.2) is 0 Å². The van der Waals surface area contributed by atoms with Crippen LogP contribution in [0.25, 0.3) is 9.69 Å². The van der Waals surface area contributed by atoms with Crippen molar-refractivity contribution in [1.29, 1.82) is 0 Å². The van der Waals surface area contributed by atoms with Crippen molar-refractivity contribution < 1.29 is 28.6 Å². The maximum Gasteiger partial charge on any atom is 0.313 e. The van der Waals surface area contributed by atoms with E-state index in [-0.39, 0.29) is 54.7 Å². The van der Waals surface area contributed by atoms with E-state index in [1.54, 1.807) is 0 Å². The molecule has 0 atom stereocenters. The summed E-state index contributed by atoms with van der Waals surface area (Å²) in [5.74, 6) is -2.84. The smallest absolute Gasteiger partial charge is 0.313 e. The van der Waals surface area contributed by atoms with Crippen LogP contribution < -0.4 is 10.6 Å². The Labute approximate surface area is 278 Å². The van der Waals surface area contributed by atoms with E-state index in [4.69, 9.17) is 58.2 Å². The highest BCUT2D eigenvalue weighted by molar-refractivity contribution is 8.00. The molecule has 4 N–H and O–H groups in total. The predicted octanol–water partition coefficient (Wildman–Crippen LogP) is 7.96. The summed E-state index contributed by atoms with van der Waals surface area (Å²) >= 11 is 21.4. The number of aromatic nitrogens is 4. The van der Waals surface area contributed by atoms with Gasteiger partial charge in [-0.25, -0.2) is 38.4 Å². The van der Waals surface area contributed by atoms with Crippen molar-refractivity contribution in [3.63, 3.8) is 0 Å². The molecule has 0 amide bonds.